The first-order valence-electron chi connectivity index (χ1n) is 6.53. The molecule has 2 aromatic rings. The number of hydrogen-bond acceptors (Lipinski definition) is 4. The molecule has 20 heavy (non-hydrogen) atoms. The highest BCUT2D eigenvalue weighted by molar-refractivity contribution is 5.95. The van der Waals surface area contributed by atoms with Gasteiger partial charge in [0.2, 0.25) is 5.91 Å². The molecule has 4 N–H and O–H groups in total. The van der Waals surface area contributed by atoms with E-state index in [0.29, 0.717) is 11.5 Å². The van der Waals surface area contributed by atoms with E-state index in [9.17, 15) is 4.79 Å². The molecule has 0 bridgehead atoms. The first-order valence-corrected chi connectivity index (χ1v) is 6.53. The number of H-pyrrole nitrogens is 1. The Morgan fingerprint density at radius 1 is 1.30 bits per heavy atom. The van der Waals surface area contributed by atoms with Crippen LogP contribution in [0.25, 0.3) is 11.4 Å². The van der Waals surface area contributed by atoms with E-state index in [1.54, 1.807) is 0 Å². The zero-order valence-electron chi connectivity index (χ0n) is 11.8. The minimum Gasteiger partial charge on any atom is -0.325 e. The van der Waals surface area contributed by atoms with Crippen molar-refractivity contribution in [1.29, 1.82) is 0 Å². The monoisotopic (exact) mass is 273 g/mol. The summed E-state index contributed by atoms with van der Waals surface area (Å²) in [6, 6.07) is 6.83. The number of rotatable bonds is 4. The second kappa shape index (κ2) is 5.83. The van der Waals surface area contributed by atoms with Crippen LogP contribution in [0.1, 0.15) is 19.7 Å². The Balaban J connectivity index is 2.07. The SMILES string of the molecule is Cc1nc(-c2ccc(NC(=O)[C@@H](N)C(C)C)cc2)n[nH]1. The normalized spacial score (nSPS) is 12.4. The molecule has 0 aliphatic rings. The second-order valence-electron chi connectivity index (χ2n) is 5.08. The van der Waals surface area contributed by atoms with Crippen LogP contribution in [0, 0.1) is 12.8 Å². The van der Waals surface area contributed by atoms with E-state index in [1.807, 2.05) is 45.0 Å². The number of hydrogen-bond donors (Lipinski definition) is 3. The van der Waals surface area contributed by atoms with Crippen LogP contribution in [-0.4, -0.2) is 27.1 Å². The average Bonchev–Trinajstić information content (AvgIpc) is 2.85. The lowest BCUT2D eigenvalue weighted by molar-refractivity contribution is -0.118. The van der Waals surface area contributed by atoms with Gasteiger partial charge in [0.25, 0.3) is 0 Å². The van der Waals surface area contributed by atoms with E-state index < -0.39 is 6.04 Å². The predicted molar refractivity (Wildman–Crippen MR) is 78.0 cm³/mol. The Morgan fingerprint density at radius 3 is 2.45 bits per heavy atom. The number of benzene rings is 1. The van der Waals surface area contributed by atoms with E-state index in [1.165, 1.54) is 0 Å². The van der Waals surface area contributed by atoms with Gasteiger partial charge in [0, 0.05) is 11.3 Å². The van der Waals surface area contributed by atoms with Gasteiger partial charge in [-0.05, 0) is 37.1 Å². The molecule has 1 heterocycles. The molecular weight excluding hydrogens is 254 g/mol. The molecule has 106 valence electrons. The van der Waals surface area contributed by atoms with Gasteiger partial charge in [0.1, 0.15) is 5.82 Å². The third-order valence-electron chi connectivity index (χ3n) is 3.03. The van der Waals surface area contributed by atoms with Gasteiger partial charge < -0.3 is 11.1 Å². The summed E-state index contributed by atoms with van der Waals surface area (Å²) in [6.45, 7) is 5.68. The Hall–Kier alpha value is -2.21. The number of aryl methyl sites for hydroxylation is 1. The number of nitrogens with zero attached hydrogens (tertiary/aromatic N) is 2. The summed E-state index contributed by atoms with van der Waals surface area (Å²) in [6.07, 6.45) is 0. The summed E-state index contributed by atoms with van der Waals surface area (Å²) in [5.41, 5.74) is 7.40. The third kappa shape index (κ3) is 3.21. The second-order valence-corrected chi connectivity index (χ2v) is 5.08. The topological polar surface area (TPSA) is 96.7 Å². The fourth-order valence-electron chi connectivity index (χ4n) is 1.70. The largest absolute Gasteiger partial charge is 0.325 e. The smallest absolute Gasteiger partial charge is 0.241 e. The number of amides is 1. The summed E-state index contributed by atoms with van der Waals surface area (Å²) in [5, 5.41) is 9.67. The third-order valence-corrected chi connectivity index (χ3v) is 3.03. The lowest BCUT2D eigenvalue weighted by Crippen LogP contribution is -2.39. The van der Waals surface area contributed by atoms with Crippen LogP contribution in [0.5, 0.6) is 0 Å². The van der Waals surface area contributed by atoms with Gasteiger partial charge in [-0.3, -0.25) is 9.89 Å². The lowest BCUT2D eigenvalue weighted by atomic mass is 10.0. The molecule has 0 fully saturated rings. The van der Waals surface area contributed by atoms with Crippen molar-refractivity contribution in [2.45, 2.75) is 26.8 Å². The van der Waals surface area contributed by atoms with E-state index in [2.05, 4.69) is 20.5 Å². The van der Waals surface area contributed by atoms with Crippen LogP contribution < -0.4 is 11.1 Å². The van der Waals surface area contributed by atoms with E-state index in [-0.39, 0.29) is 11.8 Å². The molecule has 6 heteroatoms. The summed E-state index contributed by atoms with van der Waals surface area (Å²) in [7, 11) is 0. The van der Waals surface area contributed by atoms with Crippen molar-refractivity contribution in [2.24, 2.45) is 11.7 Å². The number of anilines is 1. The molecule has 1 atom stereocenters. The predicted octanol–water partition coefficient (Wildman–Crippen LogP) is 1.70. The van der Waals surface area contributed by atoms with Crippen LogP contribution in [-0.2, 0) is 4.79 Å². The van der Waals surface area contributed by atoms with Gasteiger partial charge in [-0.25, -0.2) is 4.98 Å². The molecular formula is C14H19N5O. The van der Waals surface area contributed by atoms with E-state index in [0.717, 1.165) is 11.4 Å². The average molecular weight is 273 g/mol. The first kappa shape index (κ1) is 14.2. The number of nitrogens with two attached hydrogens (primary N) is 1. The zero-order valence-corrected chi connectivity index (χ0v) is 11.8. The first-order chi connectivity index (χ1) is 9.47. The molecule has 0 saturated carbocycles. The summed E-state index contributed by atoms with van der Waals surface area (Å²) in [5.74, 6) is 1.33. The molecule has 0 aliphatic heterocycles. The van der Waals surface area contributed by atoms with Crippen LogP contribution in [0.15, 0.2) is 24.3 Å². The summed E-state index contributed by atoms with van der Waals surface area (Å²) < 4.78 is 0. The van der Waals surface area contributed by atoms with Gasteiger partial charge in [-0.1, -0.05) is 13.8 Å². The number of nitrogens with one attached hydrogen (secondary N) is 2. The summed E-state index contributed by atoms with van der Waals surface area (Å²) in [4.78, 5) is 16.1. The van der Waals surface area contributed by atoms with Crippen LogP contribution in [0.4, 0.5) is 5.69 Å². The maximum atomic E-state index is 11.8. The molecule has 0 aliphatic carbocycles. The van der Waals surface area contributed by atoms with Crippen molar-refractivity contribution in [3.05, 3.63) is 30.1 Å². The summed E-state index contributed by atoms with van der Waals surface area (Å²) >= 11 is 0. The van der Waals surface area contributed by atoms with Crippen molar-refractivity contribution in [3.63, 3.8) is 0 Å². The van der Waals surface area contributed by atoms with E-state index >= 15 is 0 Å². The zero-order chi connectivity index (χ0) is 14.7. The quantitative estimate of drug-likeness (QED) is 0.790. The highest BCUT2D eigenvalue weighted by atomic mass is 16.2. The lowest BCUT2D eigenvalue weighted by Gasteiger charge is -2.15. The molecule has 1 aromatic carbocycles. The van der Waals surface area contributed by atoms with Gasteiger partial charge >= 0.3 is 0 Å². The number of carbonyl (C=O) groups excluding carboxylic acids is 1. The molecule has 1 amide bonds. The maximum absolute atomic E-state index is 11.8. The van der Waals surface area contributed by atoms with Crippen molar-refractivity contribution in [1.82, 2.24) is 15.2 Å². The Labute approximate surface area is 117 Å². The van der Waals surface area contributed by atoms with Gasteiger partial charge in [-0.2, -0.15) is 5.10 Å². The number of aromatic amines is 1. The van der Waals surface area contributed by atoms with Crippen molar-refractivity contribution >= 4 is 11.6 Å². The minimum atomic E-state index is -0.509. The molecule has 0 radical (unpaired) electrons. The molecule has 2 rings (SSSR count). The fraction of sp³-hybridized carbons (Fsp3) is 0.357. The Morgan fingerprint density at radius 2 is 1.95 bits per heavy atom. The van der Waals surface area contributed by atoms with Crippen LogP contribution in [0.3, 0.4) is 0 Å². The minimum absolute atomic E-state index is 0.102. The van der Waals surface area contributed by atoms with Crippen molar-refractivity contribution in [2.75, 3.05) is 5.32 Å². The molecule has 1 aromatic heterocycles. The molecule has 6 nitrogen and oxygen atoms in total. The van der Waals surface area contributed by atoms with E-state index in [4.69, 9.17) is 5.73 Å². The van der Waals surface area contributed by atoms with Crippen molar-refractivity contribution < 1.29 is 4.79 Å². The highest BCUT2D eigenvalue weighted by Crippen LogP contribution is 2.18. The van der Waals surface area contributed by atoms with Gasteiger partial charge in [0.05, 0.1) is 6.04 Å². The van der Waals surface area contributed by atoms with Crippen LogP contribution in [0.2, 0.25) is 0 Å². The molecule has 0 spiro atoms. The maximum Gasteiger partial charge on any atom is 0.241 e. The van der Waals surface area contributed by atoms with Gasteiger partial charge in [0.15, 0.2) is 5.82 Å². The Bertz CT molecular complexity index is 588. The molecule has 0 saturated heterocycles. The highest BCUT2D eigenvalue weighted by Gasteiger charge is 2.17. The van der Waals surface area contributed by atoms with Gasteiger partial charge in [-0.15, -0.1) is 0 Å². The standard InChI is InChI=1S/C14H19N5O/c1-8(2)12(15)14(20)17-11-6-4-10(5-7-11)13-16-9(3)18-19-13/h4-8,12H,15H2,1-3H3,(H,17,20)(H,16,18,19)/t12-/m0/s1. The Kier molecular flexibility index (Phi) is 4.14. The van der Waals surface area contributed by atoms with Crippen LogP contribution >= 0.6 is 0 Å². The fourth-order valence-corrected chi connectivity index (χ4v) is 1.70. The number of aromatic nitrogens is 3. The molecule has 0 unspecified atom stereocenters. The number of carbonyl (C=O) groups is 1. The van der Waals surface area contributed by atoms with Crippen molar-refractivity contribution in [3.8, 4) is 11.4 Å².